The third-order valence-electron chi connectivity index (χ3n) is 1.59. The molecule has 0 aliphatic rings. The van der Waals surface area contributed by atoms with Crippen molar-refractivity contribution in [1.82, 2.24) is 4.98 Å². The maximum absolute atomic E-state index is 11.3. The van der Waals surface area contributed by atoms with Gasteiger partial charge < -0.3 is 4.74 Å². The fraction of sp³-hybridized carbons (Fsp3) is 0.333. The van der Waals surface area contributed by atoms with E-state index < -0.39 is 0 Å². The van der Waals surface area contributed by atoms with Crippen molar-refractivity contribution in [2.45, 2.75) is 13.3 Å². The van der Waals surface area contributed by atoms with Crippen LogP contribution in [0.2, 0.25) is 0 Å². The molecule has 0 saturated heterocycles. The zero-order chi connectivity index (χ0) is 8.97. The van der Waals surface area contributed by atoms with Gasteiger partial charge in [-0.2, -0.15) is 0 Å². The highest BCUT2D eigenvalue weighted by Gasteiger charge is 2.09. The Labute approximate surface area is 71.4 Å². The number of carbonyl (C=O) groups is 1. The predicted octanol–water partition coefficient (Wildman–Crippen LogP) is 1.68. The Bertz CT molecular complexity index is 284. The molecule has 3 heteroatoms. The molecule has 0 bridgehead atoms. The second-order valence-electron chi connectivity index (χ2n) is 2.34. The molecule has 0 aliphatic carbocycles. The molecule has 1 heterocycles. The van der Waals surface area contributed by atoms with Crippen molar-refractivity contribution in [2.75, 3.05) is 7.11 Å². The quantitative estimate of drug-likeness (QED) is 0.640. The summed E-state index contributed by atoms with van der Waals surface area (Å²) in [5.74, 6) is 0.462. The van der Waals surface area contributed by atoms with E-state index in [0.29, 0.717) is 17.9 Å². The summed E-state index contributed by atoms with van der Waals surface area (Å²) >= 11 is 0. The van der Waals surface area contributed by atoms with Crippen LogP contribution in [0.1, 0.15) is 23.7 Å². The summed E-state index contributed by atoms with van der Waals surface area (Å²) in [5, 5.41) is 0. The van der Waals surface area contributed by atoms with Crippen molar-refractivity contribution in [3.05, 3.63) is 23.9 Å². The van der Waals surface area contributed by atoms with Crippen LogP contribution in [0.5, 0.6) is 5.88 Å². The van der Waals surface area contributed by atoms with Gasteiger partial charge in [-0.05, 0) is 12.1 Å². The Morgan fingerprint density at radius 2 is 2.42 bits per heavy atom. The fourth-order valence-electron chi connectivity index (χ4n) is 0.956. The van der Waals surface area contributed by atoms with Gasteiger partial charge in [0.1, 0.15) is 0 Å². The summed E-state index contributed by atoms with van der Waals surface area (Å²) in [6.07, 6.45) is 2.08. The molecule has 0 aliphatic heterocycles. The highest BCUT2D eigenvalue weighted by Crippen LogP contribution is 2.14. The Hall–Kier alpha value is -1.38. The number of aromatic nitrogens is 1. The molecule has 0 radical (unpaired) electrons. The Morgan fingerprint density at radius 3 is 3.00 bits per heavy atom. The van der Waals surface area contributed by atoms with Crippen LogP contribution in [0.15, 0.2) is 18.3 Å². The van der Waals surface area contributed by atoms with E-state index in [1.54, 1.807) is 18.3 Å². The van der Waals surface area contributed by atoms with Gasteiger partial charge in [-0.1, -0.05) is 6.92 Å². The Balaban J connectivity index is 3.04. The van der Waals surface area contributed by atoms with Gasteiger partial charge in [-0.25, -0.2) is 4.98 Å². The van der Waals surface area contributed by atoms with Crippen LogP contribution in [0.3, 0.4) is 0 Å². The summed E-state index contributed by atoms with van der Waals surface area (Å²) in [5.41, 5.74) is 0.558. The van der Waals surface area contributed by atoms with Crippen molar-refractivity contribution in [3.8, 4) is 5.88 Å². The lowest BCUT2D eigenvalue weighted by atomic mass is 10.1. The van der Waals surface area contributed by atoms with Gasteiger partial charge in [-0.3, -0.25) is 4.79 Å². The molecule has 12 heavy (non-hydrogen) atoms. The van der Waals surface area contributed by atoms with E-state index in [2.05, 4.69) is 4.98 Å². The Kier molecular flexibility index (Phi) is 2.80. The van der Waals surface area contributed by atoms with E-state index in [9.17, 15) is 4.79 Å². The molecule has 0 fully saturated rings. The van der Waals surface area contributed by atoms with E-state index in [0.717, 1.165) is 0 Å². The molecule has 1 aromatic rings. The number of methoxy groups -OCH3 is 1. The molecule has 0 unspecified atom stereocenters. The zero-order valence-electron chi connectivity index (χ0n) is 7.20. The summed E-state index contributed by atoms with van der Waals surface area (Å²) < 4.78 is 4.94. The van der Waals surface area contributed by atoms with Gasteiger partial charge in [-0.15, -0.1) is 0 Å². The number of rotatable bonds is 3. The van der Waals surface area contributed by atoms with Gasteiger partial charge >= 0.3 is 0 Å². The monoisotopic (exact) mass is 165 g/mol. The molecule has 1 aromatic heterocycles. The first kappa shape index (κ1) is 8.71. The van der Waals surface area contributed by atoms with E-state index in [1.165, 1.54) is 7.11 Å². The third-order valence-corrected chi connectivity index (χ3v) is 1.59. The van der Waals surface area contributed by atoms with Crippen molar-refractivity contribution < 1.29 is 9.53 Å². The topological polar surface area (TPSA) is 39.2 Å². The number of nitrogens with zero attached hydrogens (tertiary/aromatic N) is 1. The van der Waals surface area contributed by atoms with Crippen LogP contribution < -0.4 is 4.74 Å². The lowest BCUT2D eigenvalue weighted by Gasteiger charge is -2.03. The molecule has 0 N–H and O–H groups in total. The van der Waals surface area contributed by atoms with Crippen LogP contribution in [0, 0.1) is 0 Å². The van der Waals surface area contributed by atoms with Crippen LogP contribution in [-0.4, -0.2) is 17.9 Å². The van der Waals surface area contributed by atoms with E-state index in [1.807, 2.05) is 6.92 Å². The summed E-state index contributed by atoms with van der Waals surface area (Å²) in [4.78, 5) is 15.2. The second kappa shape index (κ2) is 3.85. The molecular weight excluding hydrogens is 154 g/mol. The molecule has 1 rings (SSSR count). The molecule has 3 nitrogen and oxygen atoms in total. The van der Waals surface area contributed by atoms with Gasteiger partial charge in [0.05, 0.1) is 12.7 Å². The molecular formula is C9H11NO2. The number of hydrogen-bond acceptors (Lipinski definition) is 3. The summed E-state index contributed by atoms with van der Waals surface area (Å²) in [6, 6.07) is 3.45. The zero-order valence-corrected chi connectivity index (χ0v) is 7.20. The van der Waals surface area contributed by atoms with Gasteiger partial charge in [0.15, 0.2) is 5.78 Å². The summed E-state index contributed by atoms with van der Waals surface area (Å²) in [7, 11) is 1.51. The first-order valence-electron chi connectivity index (χ1n) is 3.81. The first-order chi connectivity index (χ1) is 5.79. The van der Waals surface area contributed by atoms with Crippen LogP contribution in [0.25, 0.3) is 0 Å². The van der Waals surface area contributed by atoms with E-state index >= 15 is 0 Å². The fourth-order valence-corrected chi connectivity index (χ4v) is 0.956. The molecule has 0 saturated carbocycles. The van der Waals surface area contributed by atoms with Gasteiger partial charge in [0.25, 0.3) is 0 Å². The number of pyridine rings is 1. The number of Topliss-reactive ketones (excluding diaryl/α,β-unsaturated/α-hetero) is 1. The molecule has 64 valence electrons. The maximum Gasteiger partial charge on any atom is 0.224 e. The average molecular weight is 165 g/mol. The molecule has 0 amide bonds. The lowest BCUT2D eigenvalue weighted by molar-refractivity contribution is 0.0984. The number of hydrogen-bond donors (Lipinski definition) is 0. The predicted molar refractivity (Wildman–Crippen MR) is 45.4 cm³/mol. The Morgan fingerprint density at radius 1 is 1.67 bits per heavy atom. The molecule has 0 spiro atoms. The minimum Gasteiger partial charge on any atom is -0.480 e. The smallest absolute Gasteiger partial charge is 0.224 e. The van der Waals surface area contributed by atoms with Crippen molar-refractivity contribution in [3.63, 3.8) is 0 Å². The minimum atomic E-state index is 0.0555. The second-order valence-corrected chi connectivity index (χ2v) is 2.34. The van der Waals surface area contributed by atoms with Gasteiger partial charge in [0, 0.05) is 12.6 Å². The summed E-state index contributed by atoms with van der Waals surface area (Å²) in [6.45, 7) is 1.81. The number of ether oxygens (including phenoxy) is 1. The van der Waals surface area contributed by atoms with Crippen LogP contribution in [-0.2, 0) is 0 Å². The lowest BCUT2D eigenvalue weighted by Crippen LogP contribution is -2.01. The maximum atomic E-state index is 11.3. The van der Waals surface area contributed by atoms with Crippen molar-refractivity contribution >= 4 is 5.78 Å². The number of ketones is 1. The first-order valence-corrected chi connectivity index (χ1v) is 3.81. The van der Waals surface area contributed by atoms with E-state index in [4.69, 9.17) is 4.74 Å². The van der Waals surface area contributed by atoms with Crippen LogP contribution >= 0.6 is 0 Å². The normalized spacial score (nSPS) is 9.50. The minimum absolute atomic E-state index is 0.0555. The largest absolute Gasteiger partial charge is 0.480 e. The van der Waals surface area contributed by atoms with Crippen molar-refractivity contribution in [1.29, 1.82) is 0 Å². The highest BCUT2D eigenvalue weighted by molar-refractivity contribution is 5.97. The van der Waals surface area contributed by atoms with Crippen molar-refractivity contribution in [2.24, 2.45) is 0 Å². The third kappa shape index (κ3) is 1.61. The highest BCUT2D eigenvalue weighted by atomic mass is 16.5. The molecule has 0 atom stereocenters. The molecule has 0 aromatic carbocycles. The van der Waals surface area contributed by atoms with Gasteiger partial charge in [0.2, 0.25) is 5.88 Å². The average Bonchev–Trinajstić information content (AvgIpc) is 2.16. The standard InChI is InChI=1S/C9H11NO2/c1-3-8(11)7-5-4-6-10-9(7)12-2/h4-6H,3H2,1-2H3. The SMILES string of the molecule is CCC(=O)c1cccnc1OC. The van der Waals surface area contributed by atoms with Crippen LogP contribution in [0.4, 0.5) is 0 Å². The van der Waals surface area contributed by atoms with E-state index in [-0.39, 0.29) is 5.78 Å². The number of carbonyl (C=O) groups excluding carboxylic acids is 1.